The summed E-state index contributed by atoms with van der Waals surface area (Å²) in [6.07, 6.45) is 6.07. The molecular formula is C19H28O6S. The van der Waals surface area contributed by atoms with Crippen LogP contribution in [0.1, 0.15) is 58.8 Å². The van der Waals surface area contributed by atoms with Crippen molar-refractivity contribution in [3.8, 4) is 0 Å². The lowest BCUT2D eigenvalue weighted by atomic mass is 9.48. The van der Waals surface area contributed by atoms with E-state index in [1.165, 1.54) is 5.57 Å². The van der Waals surface area contributed by atoms with E-state index < -0.39 is 28.0 Å². The summed E-state index contributed by atoms with van der Waals surface area (Å²) < 4.78 is 35.9. The van der Waals surface area contributed by atoms with Gasteiger partial charge >= 0.3 is 10.4 Å². The standard InChI is InChI=1S/C19H28O6S/c1-18-7-5-12(25-26(22,23)24)9-11(18)3-4-13-14(18)6-8-19(2)15(13)10-16(20)17(19)21/h3,12-16,20H,4-10H2,1-2H3,(H,22,23,24). The summed E-state index contributed by atoms with van der Waals surface area (Å²) in [5.74, 6) is 1.09. The molecule has 7 heteroatoms. The maximum atomic E-state index is 12.5. The topological polar surface area (TPSA) is 101 Å². The van der Waals surface area contributed by atoms with Crippen molar-refractivity contribution in [2.24, 2.45) is 28.6 Å². The molecule has 0 spiro atoms. The minimum absolute atomic E-state index is 0.0140. The molecule has 0 amide bonds. The molecule has 0 heterocycles. The van der Waals surface area contributed by atoms with Gasteiger partial charge in [0.05, 0.1) is 6.10 Å². The maximum Gasteiger partial charge on any atom is 0.397 e. The summed E-state index contributed by atoms with van der Waals surface area (Å²) in [6, 6.07) is 0. The summed E-state index contributed by atoms with van der Waals surface area (Å²) in [5, 5.41) is 10.2. The van der Waals surface area contributed by atoms with E-state index in [-0.39, 0.29) is 17.1 Å². The van der Waals surface area contributed by atoms with Gasteiger partial charge in [0.15, 0.2) is 5.78 Å². The number of fused-ring (bicyclic) bond motifs is 5. The third-order valence-electron chi connectivity index (χ3n) is 8.05. The van der Waals surface area contributed by atoms with Gasteiger partial charge in [-0.25, -0.2) is 4.18 Å². The molecule has 4 rings (SSSR count). The number of carbonyl (C=O) groups excluding carboxylic acids is 1. The lowest BCUT2D eigenvalue weighted by molar-refractivity contribution is -0.136. The molecule has 4 aliphatic carbocycles. The Morgan fingerprint density at radius 1 is 1.15 bits per heavy atom. The fourth-order valence-corrected chi connectivity index (χ4v) is 7.18. The normalized spacial score (nSPS) is 48.4. The van der Waals surface area contributed by atoms with Gasteiger partial charge < -0.3 is 5.11 Å². The molecule has 0 radical (unpaired) electrons. The van der Waals surface area contributed by atoms with E-state index in [1.54, 1.807) is 0 Å². The Balaban J connectivity index is 1.60. The number of rotatable bonds is 2. The Morgan fingerprint density at radius 2 is 1.85 bits per heavy atom. The molecule has 0 aromatic heterocycles. The van der Waals surface area contributed by atoms with Gasteiger partial charge in [0.2, 0.25) is 0 Å². The molecule has 0 bridgehead atoms. The Bertz CT molecular complexity index is 758. The van der Waals surface area contributed by atoms with Gasteiger partial charge in [0, 0.05) is 5.41 Å². The highest BCUT2D eigenvalue weighted by Crippen LogP contribution is 2.64. The van der Waals surface area contributed by atoms with Crippen LogP contribution in [-0.4, -0.2) is 36.1 Å². The molecule has 2 N–H and O–H groups in total. The van der Waals surface area contributed by atoms with Crippen molar-refractivity contribution in [3.63, 3.8) is 0 Å². The SMILES string of the molecule is CC12CCC3C(CC=C4CC(OS(=O)(=O)O)CCC43C)C1CC(O)C2=O. The molecule has 3 fully saturated rings. The lowest BCUT2D eigenvalue weighted by Crippen LogP contribution is -2.50. The highest BCUT2D eigenvalue weighted by molar-refractivity contribution is 7.80. The van der Waals surface area contributed by atoms with E-state index in [9.17, 15) is 18.3 Å². The molecule has 0 aromatic rings. The van der Waals surface area contributed by atoms with Gasteiger partial charge in [-0.15, -0.1) is 0 Å². The number of ketones is 1. The Morgan fingerprint density at radius 3 is 2.54 bits per heavy atom. The fourth-order valence-electron chi connectivity index (χ4n) is 6.67. The van der Waals surface area contributed by atoms with Gasteiger partial charge in [0.1, 0.15) is 6.10 Å². The molecule has 146 valence electrons. The van der Waals surface area contributed by atoms with E-state index >= 15 is 0 Å². The summed E-state index contributed by atoms with van der Waals surface area (Å²) in [6.45, 7) is 4.29. The van der Waals surface area contributed by atoms with Crippen molar-refractivity contribution in [1.82, 2.24) is 0 Å². The van der Waals surface area contributed by atoms with Crippen LogP contribution in [0.25, 0.3) is 0 Å². The van der Waals surface area contributed by atoms with Crippen LogP contribution in [-0.2, 0) is 19.4 Å². The third-order valence-corrected chi connectivity index (χ3v) is 8.56. The molecule has 0 aliphatic heterocycles. The van der Waals surface area contributed by atoms with Gasteiger partial charge in [0.25, 0.3) is 0 Å². The van der Waals surface area contributed by atoms with Gasteiger partial charge in [-0.3, -0.25) is 9.35 Å². The second kappa shape index (κ2) is 5.87. The quantitative estimate of drug-likeness (QED) is 0.561. The molecule has 4 aliphatic rings. The number of allylic oxidation sites excluding steroid dienone is 1. The molecular weight excluding hydrogens is 356 g/mol. The van der Waals surface area contributed by atoms with Crippen molar-refractivity contribution < 1.29 is 27.1 Å². The zero-order valence-electron chi connectivity index (χ0n) is 15.3. The van der Waals surface area contributed by atoms with Gasteiger partial charge in [-0.05, 0) is 68.1 Å². The highest BCUT2D eigenvalue weighted by atomic mass is 32.3. The average molecular weight is 384 g/mol. The molecule has 7 unspecified atom stereocenters. The molecule has 26 heavy (non-hydrogen) atoms. The van der Waals surface area contributed by atoms with E-state index in [1.807, 2.05) is 6.92 Å². The third kappa shape index (κ3) is 2.70. The zero-order chi connectivity index (χ0) is 18.9. The molecule has 3 saturated carbocycles. The van der Waals surface area contributed by atoms with Crippen molar-refractivity contribution in [3.05, 3.63) is 11.6 Å². The number of aliphatic hydroxyl groups is 1. The number of hydrogen-bond donors (Lipinski definition) is 2. The van der Waals surface area contributed by atoms with E-state index in [4.69, 9.17) is 8.74 Å². The van der Waals surface area contributed by atoms with Crippen LogP contribution < -0.4 is 0 Å². The van der Waals surface area contributed by atoms with Crippen molar-refractivity contribution in [1.29, 1.82) is 0 Å². The Hall–Kier alpha value is -0.760. The van der Waals surface area contributed by atoms with Crippen LogP contribution in [0.2, 0.25) is 0 Å². The summed E-state index contributed by atoms with van der Waals surface area (Å²) >= 11 is 0. The van der Waals surface area contributed by atoms with Gasteiger partial charge in [-0.2, -0.15) is 8.42 Å². The van der Waals surface area contributed by atoms with Crippen molar-refractivity contribution in [2.75, 3.05) is 0 Å². The summed E-state index contributed by atoms with van der Waals surface area (Å²) in [5.41, 5.74) is 0.820. The van der Waals surface area contributed by atoms with Crippen LogP contribution in [0.4, 0.5) is 0 Å². The lowest BCUT2D eigenvalue weighted by Gasteiger charge is -2.56. The van der Waals surface area contributed by atoms with Crippen molar-refractivity contribution >= 4 is 16.2 Å². The first-order valence-electron chi connectivity index (χ1n) is 9.62. The van der Waals surface area contributed by atoms with Crippen LogP contribution in [0.3, 0.4) is 0 Å². The largest absolute Gasteiger partial charge is 0.397 e. The fraction of sp³-hybridized carbons (Fsp3) is 0.842. The first-order chi connectivity index (χ1) is 12.0. The average Bonchev–Trinajstić information content (AvgIpc) is 2.77. The van der Waals surface area contributed by atoms with E-state index in [2.05, 4.69) is 13.0 Å². The number of Topliss-reactive ketones (excluding diaryl/α,β-unsaturated/α-hetero) is 1. The molecule has 6 nitrogen and oxygen atoms in total. The van der Waals surface area contributed by atoms with Crippen LogP contribution in [0.5, 0.6) is 0 Å². The highest BCUT2D eigenvalue weighted by Gasteiger charge is 2.61. The molecule has 0 saturated heterocycles. The number of aliphatic hydroxyl groups excluding tert-OH is 1. The number of hydrogen-bond acceptors (Lipinski definition) is 5. The predicted octanol–water partition coefficient (Wildman–Crippen LogP) is 2.68. The first kappa shape index (κ1) is 18.6. The zero-order valence-corrected chi connectivity index (χ0v) is 16.2. The molecule has 7 atom stereocenters. The van der Waals surface area contributed by atoms with Crippen LogP contribution in [0.15, 0.2) is 11.6 Å². The number of carbonyl (C=O) groups is 1. The second-order valence-corrected chi connectivity index (χ2v) is 10.3. The minimum Gasteiger partial charge on any atom is -0.385 e. The van der Waals surface area contributed by atoms with Crippen molar-refractivity contribution in [2.45, 2.75) is 71.0 Å². The summed E-state index contributed by atoms with van der Waals surface area (Å²) in [7, 11) is -4.43. The summed E-state index contributed by atoms with van der Waals surface area (Å²) in [4.78, 5) is 12.5. The maximum absolute atomic E-state index is 12.5. The van der Waals surface area contributed by atoms with Gasteiger partial charge in [-0.1, -0.05) is 25.5 Å². The van der Waals surface area contributed by atoms with Crippen LogP contribution >= 0.6 is 0 Å². The van der Waals surface area contributed by atoms with Crippen LogP contribution in [0, 0.1) is 28.6 Å². The predicted molar refractivity (Wildman–Crippen MR) is 94.5 cm³/mol. The monoisotopic (exact) mass is 384 g/mol. The molecule has 0 aromatic carbocycles. The Labute approximate surface area is 155 Å². The van der Waals surface area contributed by atoms with E-state index in [0.717, 1.165) is 25.7 Å². The Kier molecular flexibility index (Phi) is 4.20. The minimum atomic E-state index is -4.43. The first-order valence-corrected chi connectivity index (χ1v) is 11.0. The van der Waals surface area contributed by atoms with E-state index in [0.29, 0.717) is 31.1 Å². The second-order valence-electron chi connectivity index (χ2n) is 9.22. The smallest absolute Gasteiger partial charge is 0.385 e.